The maximum absolute atomic E-state index is 14.4. The van der Waals surface area contributed by atoms with Crippen molar-refractivity contribution in [3.8, 4) is 23.3 Å². The Morgan fingerprint density at radius 1 is 0.900 bits per heavy atom. The minimum absolute atomic E-state index is 0.00289. The van der Waals surface area contributed by atoms with Gasteiger partial charge in [-0.05, 0) is 85.3 Å². The molecular formula is C42H42O8. The normalized spacial score (nSPS) is 28.2. The van der Waals surface area contributed by atoms with Crippen LogP contribution in [0.25, 0.3) is 0 Å². The number of rotatable bonds is 2. The summed E-state index contributed by atoms with van der Waals surface area (Å²) in [6, 6.07) is 18.8. The zero-order valence-electron chi connectivity index (χ0n) is 28.2. The molecule has 3 aromatic carbocycles. The summed E-state index contributed by atoms with van der Waals surface area (Å²) in [6.45, 7) is 1.52. The molecule has 3 aliphatic heterocycles. The van der Waals surface area contributed by atoms with E-state index in [2.05, 4.69) is 17.9 Å². The van der Waals surface area contributed by atoms with Crippen LogP contribution in [0.2, 0.25) is 0 Å². The predicted molar refractivity (Wildman–Crippen MR) is 185 cm³/mol. The van der Waals surface area contributed by atoms with Crippen molar-refractivity contribution in [3.05, 3.63) is 106 Å². The molecule has 7 rings (SSSR count). The van der Waals surface area contributed by atoms with Crippen molar-refractivity contribution in [2.75, 3.05) is 0 Å². The van der Waals surface area contributed by atoms with E-state index in [9.17, 15) is 29.7 Å². The molecule has 8 heteroatoms. The summed E-state index contributed by atoms with van der Waals surface area (Å²) in [6.07, 6.45) is 4.01. The molecule has 50 heavy (non-hydrogen) atoms. The molecule has 3 N–H and O–H groups in total. The summed E-state index contributed by atoms with van der Waals surface area (Å²) >= 11 is 0. The van der Waals surface area contributed by atoms with Gasteiger partial charge in [0.1, 0.15) is 29.0 Å². The number of aromatic hydroxyl groups is 1. The Balaban J connectivity index is 1.39. The Morgan fingerprint density at radius 3 is 2.54 bits per heavy atom. The van der Waals surface area contributed by atoms with Crippen LogP contribution in [0.4, 0.5) is 0 Å². The zero-order chi connectivity index (χ0) is 35.0. The Morgan fingerprint density at radius 2 is 1.70 bits per heavy atom. The molecule has 0 saturated heterocycles. The average Bonchev–Trinajstić information content (AvgIpc) is 3.10. The lowest BCUT2D eigenvalue weighted by Gasteiger charge is -2.42. The third kappa shape index (κ3) is 6.98. The summed E-state index contributed by atoms with van der Waals surface area (Å²) in [5.74, 6) is 4.24. The second-order valence-corrected chi connectivity index (χ2v) is 14.4. The van der Waals surface area contributed by atoms with Crippen LogP contribution < -0.4 is 4.74 Å². The van der Waals surface area contributed by atoms with Crippen LogP contribution in [-0.4, -0.2) is 44.7 Å². The van der Waals surface area contributed by atoms with Gasteiger partial charge in [-0.25, -0.2) is 4.79 Å². The van der Waals surface area contributed by atoms with Crippen molar-refractivity contribution in [1.82, 2.24) is 0 Å². The number of esters is 2. The van der Waals surface area contributed by atoms with Gasteiger partial charge in [-0.1, -0.05) is 66.4 Å². The number of fused-ring (bicyclic) bond motifs is 8. The summed E-state index contributed by atoms with van der Waals surface area (Å²) in [5, 5.41) is 33.6. The largest absolute Gasteiger partial charge is 0.508 e. The van der Waals surface area contributed by atoms with Gasteiger partial charge >= 0.3 is 11.9 Å². The van der Waals surface area contributed by atoms with E-state index in [-0.39, 0.29) is 55.0 Å². The Labute approximate surface area is 292 Å². The minimum Gasteiger partial charge on any atom is -0.508 e. The first-order chi connectivity index (χ1) is 24.1. The molecule has 4 aliphatic rings. The number of hydrogen-bond acceptors (Lipinski definition) is 8. The predicted octanol–water partition coefficient (Wildman–Crippen LogP) is 5.77. The highest BCUT2D eigenvalue weighted by Gasteiger charge is 2.46. The van der Waals surface area contributed by atoms with E-state index < -0.39 is 35.5 Å². The first-order valence-corrected chi connectivity index (χ1v) is 17.6. The van der Waals surface area contributed by atoms with Crippen LogP contribution >= 0.6 is 0 Å². The third-order valence-corrected chi connectivity index (χ3v) is 11.0. The lowest BCUT2D eigenvalue weighted by atomic mass is 9.68. The fraction of sp³-hybridized carbons (Fsp3) is 0.405. The van der Waals surface area contributed by atoms with Gasteiger partial charge in [-0.2, -0.15) is 0 Å². The number of hydrogen-bond donors (Lipinski definition) is 3. The standard InChI is InChI=1S/C42H42O8/c1-42(48)34-13-14-36(44)32(19-34)16-26-7-2-5-25(15-26)6-3-10-31-18-29(28-9-4-8-27(17-28)24-43)11-12-30-22-40(46)49-38-23-37(45)33(20-35(30)38)21-39(42)50-41(31)47/h2,4-5,7-10,15,17,20,23,29-30,32,34,39,43,45,48H,3,6,13-14,16,18-19,21-22,24H2,1H3/t29-,30-,32-,34-,39+,42-/m0/s1. The van der Waals surface area contributed by atoms with E-state index in [0.717, 1.165) is 16.7 Å². The molecule has 3 aromatic rings. The van der Waals surface area contributed by atoms with Crippen LogP contribution in [0, 0.1) is 23.7 Å². The van der Waals surface area contributed by atoms with E-state index in [1.165, 1.54) is 6.07 Å². The van der Waals surface area contributed by atoms with E-state index in [4.69, 9.17) is 9.47 Å². The second kappa shape index (κ2) is 13.9. The third-order valence-electron chi connectivity index (χ3n) is 11.0. The SMILES string of the molecule is C[C@]1(O)[C@H]2CCC(=O)[C@@H](Cc3cccc(c3)CCC=C3C[C@@H](c4cccc(CO)c4)C#C[C@H]4CC(=O)Oc5cc(O)c(cc54)C[C@H]1OC3=O)C2. The van der Waals surface area contributed by atoms with Gasteiger partial charge in [-0.15, -0.1) is 0 Å². The monoisotopic (exact) mass is 674 g/mol. The molecule has 1 aliphatic carbocycles. The van der Waals surface area contributed by atoms with Gasteiger partial charge in [0, 0.05) is 41.9 Å². The van der Waals surface area contributed by atoms with E-state index in [1.807, 2.05) is 48.5 Å². The van der Waals surface area contributed by atoms with E-state index in [1.54, 1.807) is 13.0 Å². The first-order valence-electron chi connectivity index (χ1n) is 17.6. The summed E-state index contributed by atoms with van der Waals surface area (Å²) < 4.78 is 11.9. The molecule has 0 amide bonds. The number of Topliss-reactive ketones (excluding diaryl/α,β-unsaturated/α-hetero) is 1. The van der Waals surface area contributed by atoms with Gasteiger partial charge in [0.05, 0.1) is 18.9 Å². The number of allylic oxidation sites excluding steroid dienone is 1. The average molecular weight is 675 g/mol. The van der Waals surface area contributed by atoms with E-state index >= 15 is 0 Å². The fourth-order valence-corrected chi connectivity index (χ4v) is 8.04. The fourth-order valence-electron chi connectivity index (χ4n) is 8.04. The Kier molecular flexibility index (Phi) is 9.38. The van der Waals surface area contributed by atoms with Crippen molar-refractivity contribution in [3.63, 3.8) is 0 Å². The van der Waals surface area contributed by atoms with Crippen molar-refractivity contribution in [1.29, 1.82) is 0 Å². The number of carbonyl (C=O) groups excluding carboxylic acids is 3. The molecule has 1 saturated carbocycles. The summed E-state index contributed by atoms with van der Waals surface area (Å²) in [5.41, 5.74) is 3.60. The number of benzene rings is 3. The van der Waals surface area contributed by atoms with Gasteiger partial charge < -0.3 is 24.8 Å². The summed E-state index contributed by atoms with van der Waals surface area (Å²) in [4.78, 5) is 40.3. The highest BCUT2D eigenvalue weighted by Crippen LogP contribution is 2.43. The molecule has 0 radical (unpaired) electrons. The molecule has 8 nitrogen and oxygen atoms in total. The lowest BCUT2D eigenvalue weighted by molar-refractivity contribution is -0.170. The van der Waals surface area contributed by atoms with E-state index in [0.29, 0.717) is 60.8 Å². The van der Waals surface area contributed by atoms with Crippen molar-refractivity contribution in [2.45, 2.75) is 94.9 Å². The molecule has 258 valence electrons. The highest BCUT2D eigenvalue weighted by atomic mass is 16.6. The quantitative estimate of drug-likeness (QED) is 0.177. The first kappa shape index (κ1) is 33.8. The van der Waals surface area contributed by atoms with Crippen LogP contribution in [0.1, 0.15) is 90.7 Å². The molecule has 0 spiro atoms. The number of aliphatic hydroxyl groups excluding tert-OH is 1. The van der Waals surface area contributed by atoms with Gasteiger partial charge in [0.15, 0.2) is 0 Å². The summed E-state index contributed by atoms with van der Waals surface area (Å²) in [7, 11) is 0. The molecule has 0 unspecified atom stereocenters. The zero-order valence-corrected chi connectivity index (χ0v) is 28.2. The van der Waals surface area contributed by atoms with Crippen LogP contribution in [0.15, 0.2) is 72.3 Å². The smallest absolute Gasteiger partial charge is 0.334 e. The molecular weight excluding hydrogens is 632 g/mol. The van der Waals surface area contributed by atoms with Gasteiger partial charge in [0.2, 0.25) is 0 Å². The number of aliphatic hydroxyl groups is 2. The number of phenols is 1. The maximum Gasteiger partial charge on any atom is 0.334 e. The van der Waals surface area contributed by atoms with Crippen LogP contribution in [0.5, 0.6) is 11.5 Å². The number of carbonyl (C=O) groups is 3. The molecule has 6 atom stereocenters. The molecule has 0 aromatic heterocycles. The topological polar surface area (TPSA) is 130 Å². The lowest BCUT2D eigenvalue weighted by Crippen LogP contribution is -2.52. The van der Waals surface area contributed by atoms with Crippen LogP contribution in [0.3, 0.4) is 0 Å². The molecule has 1 fully saturated rings. The maximum atomic E-state index is 14.4. The van der Waals surface area contributed by atoms with Crippen molar-refractivity contribution < 1.29 is 39.2 Å². The second-order valence-electron chi connectivity index (χ2n) is 14.4. The molecule has 8 bridgehead atoms. The minimum atomic E-state index is -1.55. The van der Waals surface area contributed by atoms with Crippen molar-refractivity contribution in [2.24, 2.45) is 11.8 Å². The number of phenolic OH excluding ortho intramolecular Hbond substituents is 1. The number of aryl methyl sites for hydroxylation is 1. The van der Waals surface area contributed by atoms with Gasteiger partial charge in [-0.3, -0.25) is 9.59 Å². The highest BCUT2D eigenvalue weighted by molar-refractivity contribution is 5.89. The Bertz CT molecular complexity index is 1930. The number of ether oxygens (including phenoxy) is 2. The number of ketones is 1. The van der Waals surface area contributed by atoms with Crippen molar-refractivity contribution >= 4 is 17.7 Å². The Hall–Kier alpha value is -4.71. The van der Waals surface area contributed by atoms with Crippen LogP contribution in [-0.2, 0) is 45.0 Å². The van der Waals surface area contributed by atoms with Gasteiger partial charge in [0.25, 0.3) is 0 Å². The molecule has 3 heterocycles.